The Morgan fingerprint density at radius 1 is 1.33 bits per heavy atom. The normalized spacial score (nSPS) is 10.4. The number of carbonyl (C=O) groups excluding carboxylic acids is 1. The summed E-state index contributed by atoms with van der Waals surface area (Å²) in [6, 6.07) is 8.02. The molecule has 0 spiro atoms. The van der Waals surface area contributed by atoms with E-state index in [-0.39, 0.29) is 17.2 Å². The zero-order chi connectivity index (χ0) is 13.1. The van der Waals surface area contributed by atoms with Gasteiger partial charge in [-0.2, -0.15) is 0 Å². The van der Waals surface area contributed by atoms with Gasteiger partial charge in [0.25, 0.3) is 0 Å². The SMILES string of the molecule is Cc1cccnc1C(=O)Cc1cccc(F)c1Cl. The highest BCUT2D eigenvalue weighted by molar-refractivity contribution is 6.31. The van der Waals surface area contributed by atoms with Crippen molar-refractivity contribution in [3.05, 3.63) is 64.2 Å². The van der Waals surface area contributed by atoms with E-state index in [2.05, 4.69) is 4.98 Å². The van der Waals surface area contributed by atoms with Gasteiger partial charge < -0.3 is 0 Å². The van der Waals surface area contributed by atoms with Crippen molar-refractivity contribution in [2.24, 2.45) is 0 Å². The molecular formula is C14H11ClFNO. The number of rotatable bonds is 3. The van der Waals surface area contributed by atoms with Crippen LogP contribution in [0.25, 0.3) is 0 Å². The molecule has 0 amide bonds. The monoisotopic (exact) mass is 263 g/mol. The Labute approximate surface area is 109 Å². The van der Waals surface area contributed by atoms with E-state index in [1.54, 1.807) is 18.3 Å². The molecule has 0 bridgehead atoms. The average molecular weight is 264 g/mol. The summed E-state index contributed by atoms with van der Waals surface area (Å²) in [6.45, 7) is 1.81. The van der Waals surface area contributed by atoms with E-state index in [4.69, 9.17) is 11.6 Å². The van der Waals surface area contributed by atoms with Gasteiger partial charge in [0, 0.05) is 12.6 Å². The molecule has 0 N–H and O–H groups in total. The smallest absolute Gasteiger partial charge is 0.185 e. The molecule has 18 heavy (non-hydrogen) atoms. The zero-order valence-corrected chi connectivity index (χ0v) is 10.5. The average Bonchev–Trinajstić information content (AvgIpc) is 2.35. The van der Waals surface area contributed by atoms with Crippen LogP contribution < -0.4 is 0 Å². The van der Waals surface area contributed by atoms with Crippen LogP contribution in [0.3, 0.4) is 0 Å². The fourth-order valence-corrected chi connectivity index (χ4v) is 1.91. The third kappa shape index (κ3) is 2.57. The highest BCUT2D eigenvalue weighted by Crippen LogP contribution is 2.21. The van der Waals surface area contributed by atoms with Crippen molar-refractivity contribution in [3.63, 3.8) is 0 Å². The third-order valence-corrected chi connectivity index (χ3v) is 3.08. The first-order chi connectivity index (χ1) is 8.59. The fraction of sp³-hybridized carbons (Fsp3) is 0.143. The van der Waals surface area contributed by atoms with E-state index in [0.717, 1.165) is 5.56 Å². The molecular weight excluding hydrogens is 253 g/mol. The Balaban J connectivity index is 2.27. The lowest BCUT2D eigenvalue weighted by Crippen LogP contribution is -2.08. The molecule has 0 atom stereocenters. The maximum atomic E-state index is 13.3. The summed E-state index contributed by atoms with van der Waals surface area (Å²) >= 11 is 5.82. The van der Waals surface area contributed by atoms with Crippen molar-refractivity contribution in [1.29, 1.82) is 0 Å². The Kier molecular flexibility index (Phi) is 3.72. The number of hydrogen-bond acceptors (Lipinski definition) is 2. The van der Waals surface area contributed by atoms with Gasteiger partial charge in [-0.3, -0.25) is 9.78 Å². The molecule has 0 saturated heterocycles. The Bertz CT molecular complexity index is 598. The molecule has 0 unspecified atom stereocenters. The van der Waals surface area contributed by atoms with Crippen molar-refractivity contribution in [3.8, 4) is 0 Å². The van der Waals surface area contributed by atoms with Gasteiger partial charge in [-0.1, -0.05) is 29.8 Å². The summed E-state index contributed by atoms with van der Waals surface area (Å²) in [5.74, 6) is -0.680. The second kappa shape index (κ2) is 5.27. The molecule has 92 valence electrons. The number of Topliss-reactive ketones (excluding diaryl/α,β-unsaturated/α-hetero) is 1. The van der Waals surface area contributed by atoms with Crippen molar-refractivity contribution >= 4 is 17.4 Å². The van der Waals surface area contributed by atoms with Gasteiger partial charge in [0.2, 0.25) is 0 Å². The first-order valence-electron chi connectivity index (χ1n) is 5.47. The lowest BCUT2D eigenvalue weighted by Gasteiger charge is -2.05. The lowest BCUT2D eigenvalue weighted by molar-refractivity contribution is 0.0987. The van der Waals surface area contributed by atoms with E-state index >= 15 is 0 Å². The van der Waals surface area contributed by atoms with Gasteiger partial charge in [-0.15, -0.1) is 0 Å². The van der Waals surface area contributed by atoms with Crippen LogP contribution in [0.5, 0.6) is 0 Å². The Morgan fingerprint density at radius 2 is 2.11 bits per heavy atom. The molecule has 0 aliphatic rings. The van der Waals surface area contributed by atoms with Crippen LogP contribution in [-0.4, -0.2) is 10.8 Å². The van der Waals surface area contributed by atoms with Gasteiger partial charge in [0.05, 0.1) is 5.02 Å². The van der Waals surface area contributed by atoms with E-state index in [9.17, 15) is 9.18 Å². The molecule has 1 aromatic heterocycles. The van der Waals surface area contributed by atoms with Gasteiger partial charge >= 0.3 is 0 Å². The highest BCUT2D eigenvalue weighted by atomic mass is 35.5. The van der Waals surface area contributed by atoms with Crippen LogP contribution in [0.15, 0.2) is 36.5 Å². The summed E-state index contributed by atoms with van der Waals surface area (Å²) < 4.78 is 13.3. The van der Waals surface area contributed by atoms with E-state index in [1.165, 1.54) is 12.1 Å². The molecule has 0 fully saturated rings. The molecule has 4 heteroatoms. The molecule has 2 rings (SSSR count). The predicted octanol–water partition coefficient (Wildman–Crippen LogP) is 3.61. The van der Waals surface area contributed by atoms with Crippen molar-refractivity contribution in [1.82, 2.24) is 4.98 Å². The molecule has 0 saturated carbocycles. The van der Waals surface area contributed by atoms with Crippen molar-refractivity contribution in [2.45, 2.75) is 13.3 Å². The zero-order valence-electron chi connectivity index (χ0n) is 9.78. The summed E-state index contributed by atoms with van der Waals surface area (Å²) in [7, 11) is 0. The molecule has 1 heterocycles. The topological polar surface area (TPSA) is 30.0 Å². The minimum atomic E-state index is -0.514. The van der Waals surface area contributed by atoms with Gasteiger partial charge in [0.1, 0.15) is 11.5 Å². The number of nitrogens with zero attached hydrogens (tertiary/aromatic N) is 1. The maximum Gasteiger partial charge on any atom is 0.185 e. The van der Waals surface area contributed by atoms with Crippen LogP contribution in [-0.2, 0) is 6.42 Å². The second-order valence-corrected chi connectivity index (χ2v) is 4.36. The van der Waals surface area contributed by atoms with Crippen LogP contribution in [0.2, 0.25) is 5.02 Å². The molecule has 0 radical (unpaired) electrons. The Morgan fingerprint density at radius 3 is 2.83 bits per heavy atom. The van der Waals surface area contributed by atoms with Gasteiger partial charge in [0.15, 0.2) is 5.78 Å². The molecule has 2 nitrogen and oxygen atoms in total. The van der Waals surface area contributed by atoms with Crippen LogP contribution >= 0.6 is 11.6 Å². The van der Waals surface area contributed by atoms with E-state index in [0.29, 0.717) is 11.3 Å². The molecule has 0 aliphatic carbocycles. The number of pyridine rings is 1. The number of ketones is 1. The largest absolute Gasteiger partial charge is 0.292 e. The Hall–Kier alpha value is -1.74. The quantitative estimate of drug-likeness (QED) is 0.792. The second-order valence-electron chi connectivity index (χ2n) is 3.98. The molecule has 2 aromatic rings. The number of benzene rings is 1. The van der Waals surface area contributed by atoms with E-state index in [1.807, 2.05) is 13.0 Å². The standard InChI is InChI=1S/C14H11ClFNO/c1-9-4-3-7-17-14(9)12(18)8-10-5-2-6-11(16)13(10)15/h2-7H,8H2,1H3. The van der Waals surface area contributed by atoms with Crippen LogP contribution in [0.1, 0.15) is 21.6 Å². The van der Waals surface area contributed by atoms with Crippen molar-refractivity contribution < 1.29 is 9.18 Å². The van der Waals surface area contributed by atoms with E-state index < -0.39 is 5.82 Å². The van der Waals surface area contributed by atoms with Crippen LogP contribution in [0, 0.1) is 12.7 Å². The minimum Gasteiger partial charge on any atom is -0.292 e. The summed E-state index contributed by atoms with van der Waals surface area (Å²) in [5, 5.41) is -0.000524. The summed E-state index contributed by atoms with van der Waals surface area (Å²) in [5.41, 5.74) is 1.68. The summed E-state index contributed by atoms with van der Waals surface area (Å²) in [4.78, 5) is 16.1. The number of carbonyl (C=O) groups is 1. The van der Waals surface area contributed by atoms with Gasteiger partial charge in [-0.05, 0) is 30.2 Å². The van der Waals surface area contributed by atoms with Gasteiger partial charge in [-0.25, -0.2) is 4.39 Å². The number of hydrogen-bond donors (Lipinski definition) is 0. The van der Waals surface area contributed by atoms with Crippen LogP contribution in [0.4, 0.5) is 4.39 Å². The molecule has 0 aliphatic heterocycles. The first kappa shape index (κ1) is 12.7. The number of aromatic nitrogens is 1. The minimum absolute atomic E-state index is 0.000524. The number of halogens is 2. The maximum absolute atomic E-state index is 13.3. The highest BCUT2D eigenvalue weighted by Gasteiger charge is 2.14. The number of aryl methyl sites for hydroxylation is 1. The third-order valence-electron chi connectivity index (χ3n) is 2.66. The van der Waals surface area contributed by atoms with Crippen molar-refractivity contribution in [2.75, 3.05) is 0 Å². The fourth-order valence-electron chi connectivity index (χ4n) is 1.72. The molecule has 1 aromatic carbocycles. The summed E-state index contributed by atoms with van der Waals surface area (Å²) in [6.07, 6.45) is 1.61. The lowest BCUT2D eigenvalue weighted by atomic mass is 10.0. The predicted molar refractivity (Wildman–Crippen MR) is 68.4 cm³/mol. The first-order valence-corrected chi connectivity index (χ1v) is 5.85.